The molecular formula is C12H15N2O6-. The number of aliphatic carboxylic acids is 1. The van der Waals surface area contributed by atoms with Gasteiger partial charge in [0.15, 0.2) is 5.79 Å². The van der Waals surface area contributed by atoms with Crippen molar-refractivity contribution in [2.45, 2.75) is 44.8 Å². The highest BCUT2D eigenvalue weighted by atomic mass is 16.8. The fraction of sp³-hybridized carbons (Fsp3) is 0.583. The van der Waals surface area contributed by atoms with Gasteiger partial charge in [-0.3, -0.25) is 4.79 Å². The van der Waals surface area contributed by atoms with Crippen LogP contribution in [0.5, 0.6) is 0 Å². The Morgan fingerprint density at radius 2 is 2.10 bits per heavy atom. The van der Waals surface area contributed by atoms with E-state index in [2.05, 4.69) is 10.5 Å². The lowest BCUT2D eigenvalue weighted by Gasteiger charge is -2.32. The molecule has 110 valence electrons. The van der Waals surface area contributed by atoms with Crippen molar-refractivity contribution in [1.82, 2.24) is 5.32 Å². The number of nitrogens with one attached hydrogen (secondary N) is 1. The predicted molar refractivity (Wildman–Crippen MR) is 68.0 cm³/mol. The largest absolute Gasteiger partial charge is 0.792 e. The summed E-state index contributed by atoms with van der Waals surface area (Å²) in [4.78, 5) is 22.5. The fourth-order valence-corrected chi connectivity index (χ4v) is 2.41. The summed E-state index contributed by atoms with van der Waals surface area (Å²) in [6, 6.07) is -0.833. The van der Waals surface area contributed by atoms with Gasteiger partial charge in [0.25, 0.3) is 0 Å². The summed E-state index contributed by atoms with van der Waals surface area (Å²) in [5.41, 5.74) is -0.211. The van der Waals surface area contributed by atoms with E-state index in [4.69, 9.17) is 9.47 Å². The Morgan fingerprint density at radius 3 is 2.60 bits per heavy atom. The summed E-state index contributed by atoms with van der Waals surface area (Å²) in [5, 5.41) is 25.4. The first-order valence-electron chi connectivity index (χ1n) is 6.03. The van der Waals surface area contributed by atoms with Crippen LogP contribution in [0.25, 0.3) is 0 Å². The number of hydrogen-bond acceptors (Lipinski definition) is 6. The van der Waals surface area contributed by atoms with Gasteiger partial charge in [-0.25, -0.2) is 4.79 Å². The predicted octanol–water partition coefficient (Wildman–Crippen LogP) is -0.0254. The van der Waals surface area contributed by atoms with Gasteiger partial charge in [-0.15, -0.1) is 0 Å². The van der Waals surface area contributed by atoms with Crippen LogP contribution in [0.2, 0.25) is 0 Å². The van der Waals surface area contributed by atoms with Crippen molar-refractivity contribution < 1.29 is 24.2 Å². The minimum absolute atomic E-state index is 0.0971. The molecule has 8 heteroatoms. The summed E-state index contributed by atoms with van der Waals surface area (Å²) in [6.07, 6.45) is -0.551. The first-order chi connectivity index (χ1) is 9.25. The van der Waals surface area contributed by atoms with E-state index in [1.165, 1.54) is 6.92 Å². The van der Waals surface area contributed by atoms with E-state index in [0.29, 0.717) is 0 Å². The van der Waals surface area contributed by atoms with Crippen molar-refractivity contribution in [3.8, 4) is 0 Å². The Balaban J connectivity index is 2.45. The number of ether oxygens (including phenoxy) is 2. The second kappa shape index (κ2) is 4.88. The number of carboxylic acids is 1. The first kappa shape index (κ1) is 14.5. The van der Waals surface area contributed by atoms with E-state index >= 15 is 0 Å². The van der Waals surface area contributed by atoms with E-state index < -0.39 is 30.0 Å². The Labute approximate surface area is 115 Å². The maximum Gasteiger partial charge on any atom is 0.334 e. The summed E-state index contributed by atoms with van der Waals surface area (Å²) >= 11 is 0. The number of fused-ring (bicyclic) bond motifs is 1. The second-order valence-electron chi connectivity index (χ2n) is 5.12. The molecule has 0 aromatic carbocycles. The number of carboxylic acid groups (broad SMARTS) is 1. The van der Waals surface area contributed by atoms with Gasteiger partial charge in [-0.2, -0.15) is 0 Å². The van der Waals surface area contributed by atoms with Gasteiger partial charge in [0, 0.05) is 6.92 Å². The highest BCUT2D eigenvalue weighted by molar-refractivity contribution is 6.08. The van der Waals surface area contributed by atoms with Gasteiger partial charge in [0.2, 0.25) is 5.91 Å². The second-order valence-corrected chi connectivity index (χ2v) is 5.12. The van der Waals surface area contributed by atoms with Crippen LogP contribution in [-0.2, 0) is 19.1 Å². The van der Waals surface area contributed by atoms with Crippen LogP contribution in [0.3, 0.4) is 0 Å². The molecule has 20 heavy (non-hydrogen) atoms. The molecule has 0 saturated carbocycles. The number of nitrogens with zero attached hydrogens (tertiary/aromatic N) is 1. The molecule has 0 aromatic rings. The van der Waals surface area contributed by atoms with Gasteiger partial charge in [0.1, 0.15) is 12.2 Å². The average molecular weight is 283 g/mol. The molecular weight excluding hydrogens is 268 g/mol. The third-order valence-electron chi connectivity index (χ3n) is 3.10. The van der Waals surface area contributed by atoms with Crippen molar-refractivity contribution >= 4 is 17.6 Å². The van der Waals surface area contributed by atoms with Crippen LogP contribution in [0.1, 0.15) is 20.8 Å². The van der Waals surface area contributed by atoms with Gasteiger partial charge in [-0.05, 0) is 19.9 Å². The standard InChI is InChI=1S/C12H16N2O6/c1-5(15)13-8-7(14-18)4-6(11(16)17)9-10(8)20-12(2,3)19-9/h4,8-10,18H,1-3H3,(H,13,15)(H,16,17)/p-1/b14-7+/t8-,9-,10+/m1/s1. The van der Waals surface area contributed by atoms with Gasteiger partial charge in [0.05, 0.1) is 17.3 Å². The first-order valence-corrected chi connectivity index (χ1v) is 6.03. The quantitative estimate of drug-likeness (QED) is 0.687. The molecule has 2 aliphatic rings. The Bertz CT molecular complexity index is 510. The van der Waals surface area contributed by atoms with Gasteiger partial charge >= 0.3 is 5.97 Å². The zero-order valence-corrected chi connectivity index (χ0v) is 11.2. The highest BCUT2D eigenvalue weighted by Crippen LogP contribution is 2.36. The van der Waals surface area contributed by atoms with Crippen LogP contribution in [0.15, 0.2) is 16.8 Å². The highest BCUT2D eigenvalue weighted by Gasteiger charge is 2.51. The van der Waals surface area contributed by atoms with E-state index in [1.807, 2.05) is 0 Å². The molecule has 1 aliphatic heterocycles. The molecule has 1 aliphatic carbocycles. The Hall–Kier alpha value is -1.93. The van der Waals surface area contributed by atoms with Crippen molar-refractivity contribution in [2.75, 3.05) is 0 Å². The maximum absolute atomic E-state index is 11.3. The SMILES string of the molecule is CC(=O)N[C@@H]1/C(=N/[O-])C=C(C(=O)O)[C@H]2OC(C)(C)O[C@H]21. The Kier molecular flexibility index (Phi) is 3.53. The number of carbonyl (C=O) groups excluding carboxylic acids is 1. The summed E-state index contributed by atoms with van der Waals surface area (Å²) in [6.45, 7) is 4.54. The zero-order chi connectivity index (χ0) is 15.1. The number of amides is 1. The molecule has 2 N–H and O–H groups in total. The van der Waals surface area contributed by atoms with Crippen LogP contribution >= 0.6 is 0 Å². The lowest BCUT2D eigenvalue weighted by molar-refractivity contribution is -0.147. The summed E-state index contributed by atoms with van der Waals surface area (Å²) in [5.74, 6) is -2.61. The van der Waals surface area contributed by atoms with Crippen molar-refractivity contribution in [1.29, 1.82) is 0 Å². The Morgan fingerprint density at radius 1 is 1.45 bits per heavy atom. The molecule has 0 bridgehead atoms. The fourth-order valence-electron chi connectivity index (χ4n) is 2.41. The molecule has 8 nitrogen and oxygen atoms in total. The minimum Gasteiger partial charge on any atom is -0.792 e. The molecule has 0 spiro atoms. The third-order valence-corrected chi connectivity index (χ3v) is 3.10. The maximum atomic E-state index is 11.3. The molecule has 0 unspecified atom stereocenters. The number of carbonyl (C=O) groups is 2. The molecule has 1 amide bonds. The average Bonchev–Trinajstić information content (AvgIpc) is 2.63. The molecule has 3 atom stereocenters. The summed E-state index contributed by atoms with van der Waals surface area (Å²) < 4.78 is 11.2. The smallest absolute Gasteiger partial charge is 0.334 e. The number of rotatable bonds is 2. The van der Waals surface area contributed by atoms with E-state index in [-0.39, 0.29) is 17.2 Å². The molecule has 1 heterocycles. The lowest BCUT2D eigenvalue weighted by Crippen LogP contribution is -2.55. The zero-order valence-electron chi connectivity index (χ0n) is 11.2. The van der Waals surface area contributed by atoms with E-state index in [0.717, 1.165) is 6.08 Å². The van der Waals surface area contributed by atoms with E-state index in [9.17, 15) is 19.9 Å². The molecule has 0 radical (unpaired) electrons. The molecule has 2 rings (SSSR count). The molecule has 1 saturated heterocycles. The van der Waals surface area contributed by atoms with Crippen molar-refractivity contribution in [3.05, 3.63) is 16.9 Å². The topological polar surface area (TPSA) is 120 Å². The van der Waals surface area contributed by atoms with Gasteiger partial charge in [-0.1, -0.05) is 0 Å². The van der Waals surface area contributed by atoms with Crippen molar-refractivity contribution in [3.63, 3.8) is 0 Å². The van der Waals surface area contributed by atoms with Crippen LogP contribution in [0.4, 0.5) is 0 Å². The van der Waals surface area contributed by atoms with Crippen molar-refractivity contribution in [2.24, 2.45) is 5.16 Å². The molecule has 1 fully saturated rings. The van der Waals surface area contributed by atoms with E-state index in [1.54, 1.807) is 13.8 Å². The monoisotopic (exact) mass is 283 g/mol. The molecule has 0 aromatic heterocycles. The normalized spacial score (nSPS) is 33.5. The lowest BCUT2D eigenvalue weighted by atomic mass is 9.88. The van der Waals surface area contributed by atoms with Crippen LogP contribution in [0, 0.1) is 5.21 Å². The van der Waals surface area contributed by atoms with Crippen LogP contribution in [-0.4, -0.2) is 46.7 Å². The third kappa shape index (κ3) is 2.52. The number of hydrogen-bond donors (Lipinski definition) is 2. The van der Waals surface area contributed by atoms with Crippen LogP contribution < -0.4 is 5.32 Å². The summed E-state index contributed by atoms with van der Waals surface area (Å²) in [7, 11) is 0. The van der Waals surface area contributed by atoms with Gasteiger partial charge < -0.3 is 30.3 Å². The minimum atomic E-state index is -1.22.